The number of hydrogen-bond donors (Lipinski definition) is 1. The predicted octanol–water partition coefficient (Wildman–Crippen LogP) is 4.45. The Labute approximate surface area is 149 Å². The van der Waals surface area contributed by atoms with Crippen molar-refractivity contribution in [2.75, 3.05) is 5.75 Å². The lowest BCUT2D eigenvalue weighted by Crippen LogP contribution is -2.25. The van der Waals surface area contributed by atoms with Crippen LogP contribution in [-0.2, 0) is 0 Å². The molecule has 2 aliphatic rings. The van der Waals surface area contributed by atoms with E-state index in [0.717, 1.165) is 17.3 Å². The molecule has 7 heteroatoms. The van der Waals surface area contributed by atoms with Crippen LogP contribution in [-0.4, -0.2) is 21.2 Å². The summed E-state index contributed by atoms with van der Waals surface area (Å²) < 4.78 is 29.1. The molecule has 0 radical (unpaired) electrons. The molecular weight excluding hydrogens is 342 g/mol. The summed E-state index contributed by atoms with van der Waals surface area (Å²) in [4.78, 5) is 4.18. The summed E-state index contributed by atoms with van der Waals surface area (Å²) in [6, 6.07) is 6.15. The summed E-state index contributed by atoms with van der Waals surface area (Å²) in [6.45, 7) is 4.26. The lowest BCUT2D eigenvalue weighted by Gasteiger charge is -2.15. The Balaban J connectivity index is 1.56. The second-order valence-electron chi connectivity index (χ2n) is 6.36. The molecule has 0 spiro atoms. The van der Waals surface area contributed by atoms with Crippen molar-refractivity contribution in [1.82, 2.24) is 9.99 Å². The summed E-state index contributed by atoms with van der Waals surface area (Å²) in [7, 11) is 0. The molecule has 0 saturated heterocycles. The molecule has 0 atom stereocenters. The van der Waals surface area contributed by atoms with Crippen molar-refractivity contribution in [2.45, 2.75) is 32.7 Å². The number of hydrazone groups is 1. The average molecular weight is 360 g/mol. The number of nitrogens with zero attached hydrogens (tertiary/aromatic N) is 3. The van der Waals surface area contributed by atoms with Gasteiger partial charge in [-0.05, 0) is 44.9 Å². The molecule has 0 amide bonds. The number of nitrogens with one attached hydrogen (secondary N) is 1. The summed E-state index contributed by atoms with van der Waals surface area (Å²) in [5.74, 6) is -0.640. The molecule has 1 aliphatic heterocycles. The van der Waals surface area contributed by atoms with Crippen LogP contribution < -0.4 is 5.43 Å². The third-order valence-corrected chi connectivity index (χ3v) is 5.34. The highest BCUT2D eigenvalue weighted by molar-refractivity contribution is 8.14. The Bertz CT molecular complexity index is 897. The molecule has 4 nitrogen and oxygen atoms in total. The maximum atomic E-state index is 13.7. The molecule has 2 heterocycles. The fourth-order valence-corrected chi connectivity index (χ4v) is 3.92. The van der Waals surface area contributed by atoms with Gasteiger partial charge in [0.2, 0.25) is 0 Å². The molecule has 2 aromatic rings. The molecule has 0 bridgehead atoms. The SMILES string of the molecule is Cc1cc(C2=NNC(=Nc3ccc(F)cc3F)SC2)c(C)n1C1CC1. The Kier molecular flexibility index (Phi) is 4.11. The Hall–Kier alpha value is -2.15. The van der Waals surface area contributed by atoms with E-state index < -0.39 is 11.6 Å². The first-order valence-corrected chi connectivity index (χ1v) is 9.19. The minimum Gasteiger partial charge on any atom is -0.345 e. The van der Waals surface area contributed by atoms with E-state index in [-0.39, 0.29) is 5.69 Å². The first-order chi connectivity index (χ1) is 12.0. The molecule has 130 valence electrons. The largest absolute Gasteiger partial charge is 0.345 e. The third-order valence-electron chi connectivity index (χ3n) is 4.47. The highest BCUT2D eigenvalue weighted by Crippen LogP contribution is 2.38. The minimum absolute atomic E-state index is 0.0990. The molecule has 4 rings (SSSR count). The first kappa shape index (κ1) is 16.3. The lowest BCUT2D eigenvalue weighted by molar-refractivity contribution is 0.585. The number of hydrogen-bond acceptors (Lipinski definition) is 3. The predicted molar refractivity (Wildman–Crippen MR) is 97.8 cm³/mol. The van der Waals surface area contributed by atoms with Gasteiger partial charge < -0.3 is 4.57 Å². The van der Waals surface area contributed by atoms with Crippen molar-refractivity contribution in [3.63, 3.8) is 0 Å². The summed E-state index contributed by atoms with van der Waals surface area (Å²) in [5, 5.41) is 4.93. The second kappa shape index (κ2) is 6.29. The van der Waals surface area contributed by atoms with E-state index in [0.29, 0.717) is 17.0 Å². The van der Waals surface area contributed by atoms with Gasteiger partial charge in [-0.1, -0.05) is 11.8 Å². The molecule has 1 aliphatic carbocycles. The van der Waals surface area contributed by atoms with Gasteiger partial charge >= 0.3 is 0 Å². The van der Waals surface area contributed by atoms with Gasteiger partial charge in [0.15, 0.2) is 11.0 Å². The fourth-order valence-electron chi connectivity index (χ4n) is 3.16. The van der Waals surface area contributed by atoms with Crippen LogP contribution in [0.5, 0.6) is 0 Å². The van der Waals surface area contributed by atoms with Crippen molar-refractivity contribution in [1.29, 1.82) is 0 Å². The average Bonchev–Trinajstić information content (AvgIpc) is 3.36. The van der Waals surface area contributed by atoms with Crippen LogP contribution in [0.4, 0.5) is 14.5 Å². The second-order valence-corrected chi connectivity index (χ2v) is 7.32. The highest BCUT2D eigenvalue weighted by Gasteiger charge is 2.28. The number of halogens is 2. The van der Waals surface area contributed by atoms with Gasteiger partial charge in [-0.25, -0.2) is 13.8 Å². The number of rotatable bonds is 3. The zero-order valence-electron chi connectivity index (χ0n) is 14.0. The molecule has 0 unspecified atom stereocenters. The molecule has 1 saturated carbocycles. The number of aromatic nitrogens is 1. The van der Waals surface area contributed by atoms with E-state index in [1.807, 2.05) is 0 Å². The van der Waals surface area contributed by atoms with Crippen LogP contribution in [0.25, 0.3) is 0 Å². The molecule has 1 fully saturated rings. The van der Waals surface area contributed by atoms with Crippen LogP contribution in [0, 0.1) is 25.5 Å². The van der Waals surface area contributed by atoms with Crippen molar-refractivity contribution in [3.8, 4) is 0 Å². The van der Waals surface area contributed by atoms with Crippen LogP contribution in [0.2, 0.25) is 0 Å². The molecular formula is C18H18F2N4S. The third kappa shape index (κ3) is 3.20. The first-order valence-electron chi connectivity index (χ1n) is 8.21. The van der Waals surface area contributed by atoms with E-state index in [4.69, 9.17) is 0 Å². The zero-order chi connectivity index (χ0) is 17.6. The van der Waals surface area contributed by atoms with Gasteiger partial charge in [-0.2, -0.15) is 5.10 Å². The van der Waals surface area contributed by atoms with Crippen molar-refractivity contribution < 1.29 is 8.78 Å². The normalized spacial score (nSPS) is 19.0. The van der Waals surface area contributed by atoms with Gasteiger partial charge in [-0.3, -0.25) is 5.43 Å². The van der Waals surface area contributed by atoms with Gasteiger partial charge in [0, 0.05) is 34.8 Å². The Morgan fingerprint density at radius 3 is 2.68 bits per heavy atom. The van der Waals surface area contributed by atoms with Gasteiger partial charge in [0.1, 0.15) is 11.5 Å². The van der Waals surface area contributed by atoms with E-state index in [9.17, 15) is 8.78 Å². The number of aryl methyl sites for hydroxylation is 1. The van der Waals surface area contributed by atoms with Crippen LogP contribution in [0.3, 0.4) is 0 Å². The van der Waals surface area contributed by atoms with Gasteiger partial charge in [0.25, 0.3) is 0 Å². The maximum absolute atomic E-state index is 13.7. The Morgan fingerprint density at radius 2 is 2.04 bits per heavy atom. The lowest BCUT2D eigenvalue weighted by atomic mass is 10.1. The van der Waals surface area contributed by atoms with E-state index in [2.05, 4.69) is 40.0 Å². The smallest absolute Gasteiger partial charge is 0.182 e. The maximum Gasteiger partial charge on any atom is 0.182 e. The van der Waals surface area contributed by atoms with E-state index in [1.165, 1.54) is 48.1 Å². The monoisotopic (exact) mass is 360 g/mol. The summed E-state index contributed by atoms with van der Waals surface area (Å²) in [5.41, 5.74) is 7.60. The number of thioether (sulfide) groups is 1. The van der Waals surface area contributed by atoms with Crippen LogP contribution in [0.15, 0.2) is 34.4 Å². The molecule has 25 heavy (non-hydrogen) atoms. The topological polar surface area (TPSA) is 41.7 Å². The summed E-state index contributed by atoms with van der Waals surface area (Å²) >= 11 is 1.46. The standard InChI is InChI=1S/C18H18F2N4S/c1-10-7-14(11(2)24(10)13-4-5-13)17-9-25-18(23-22-17)21-16-6-3-12(19)8-15(16)20/h3,6-8,13H,4-5,9H2,1-2H3,(H,21,23). The zero-order valence-corrected chi connectivity index (χ0v) is 14.8. The van der Waals surface area contributed by atoms with Crippen LogP contribution in [0.1, 0.15) is 35.8 Å². The summed E-state index contributed by atoms with van der Waals surface area (Å²) in [6.07, 6.45) is 2.49. The fraction of sp³-hybridized carbons (Fsp3) is 0.333. The number of aliphatic imine (C=N–C) groups is 1. The quantitative estimate of drug-likeness (QED) is 0.879. The van der Waals surface area contributed by atoms with E-state index >= 15 is 0 Å². The molecule has 1 aromatic carbocycles. The Morgan fingerprint density at radius 1 is 1.24 bits per heavy atom. The number of benzene rings is 1. The van der Waals surface area contributed by atoms with Gasteiger partial charge in [-0.15, -0.1) is 0 Å². The molecule has 1 aromatic heterocycles. The molecule has 1 N–H and O–H groups in total. The van der Waals surface area contributed by atoms with Crippen molar-refractivity contribution in [2.24, 2.45) is 10.1 Å². The number of amidine groups is 1. The highest BCUT2D eigenvalue weighted by atomic mass is 32.2. The van der Waals surface area contributed by atoms with Gasteiger partial charge in [0.05, 0.1) is 5.71 Å². The van der Waals surface area contributed by atoms with Crippen LogP contribution >= 0.6 is 11.8 Å². The minimum atomic E-state index is -0.683. The van der Waals surface area contributed by atoms with Crippen molar-refractivity contribution in [3.05, 3.63) is 52.9 Å². The van der Waals surface area contributed by atoms with Crippen molar-refractivity contribution >= 4 is 28.3 Å². The van der Waals surface area contributed by atoms with E-state index in [1.54, 1.807) is 0 Å².